The van der Waals surface area contributed by atoms with Gasteiger partial charge in [-0.1, -0.05) is 19.3 Å². The van der Waals surface area contributed by atoms with E-state index in [1.54, 1.807) is 0 Å². The number of hydrogen-bond acceptors (Lipinski definition) is 2. The molecule has 116 valence electrons. The van der Waals surface area contributed by atoms with E-state index in [9.17, 15) is 4.79 Å². The second-order valence-electron chi connectivity index (χ2n) is 7.10. The van der Waals surface area contributed by atoms with Gasteiger partial charge in [-0.2, -0.15) is 0 Å². The van der Waals surface area contributed by atoms with Gasteiger partial charge in [0.25, 0.3) is 0 Å². The summed E-state index contributed by atoms with van der Waals surface area (Å²) >= 11 is 0. The molecule has 2 aliphatic carbocycles. The van der Waals surface area contributed by atoms with Gasteiger partial charge in [-0.05, 0) is 57.2 Å². The van der Waals surface area contributed by atoms with Crippen LogP contribution in [0.15, 0.2) is 11.3 Å². The van der Waals surface area contributed by atoms with E-state index in [0.717, 1.165) is 25.7 Å². The Hall–Kier alpha value is -1.01. The molecule has 2 aliphatic rings. The zero-order chi connectivity index (χ0) is 18.2. The molecular formula is C18H28O2Si. The Morgan fingerprint density at radius 1 is 1.52 bits per heavy atom. The van der Waals surface area contributed by atoms with Crippen LogP contribution in [0.4, 0.5) is 0 Å². The number of carbonyl (C=O) groups is 1. The van der Waals surface area contributed by atoms with Crippen LogP contribution in [0.3, 0.4) is 0 Å². The van der Waals surface area contributed by atoms with E-state index in [0.29, 0.717) is 18.4 Å². The van der Waals surface area contributed by atoms with Crippen LogP contribution >= 0.6 is 0 Å². The van der Waals surface area contributed by atoms with E-state index in [2.05, 4.69) is 18.8 Å². The zero-order valence-electron chi connectivity index (χ0n) is 16.6. The molecule has 2 saturated carbocycles. The lowest BCUT2D eigenvalue weighted by Crippen LogP contribution is -2.47. The first-order valence-corrected chi connectivity index (χ1v) is 11.4. The van der Waals surface area contributed by atoms with Gasteiger partial charge < -0.3 is 4.43 Å². The number of fused-ring (bicyclic) bond motifs is 1. The van der Waals surface area contributed by atoms with Crippen LogP contribution in [0.2, 0.25) is 19.6 Å². The predicted molar refractivity (Wildman–Crippen MR) is 89.2 cm³/mol. The Morgan fingerprint density at radius 2 is 2.29 bits per heavy atom. The van der Waals surface area contributed by atoms with Crippen molar-refractivity contribution in [3.8, 4) is 11.8 Å². The Morgan fingerprint density at radius 3 is 2.86 bits per heavy atom. The van der Waals surface area contributed by atoms with E-state index in [4.69, 9.17) is 8.54 Å². The first-order chi connectivity index (χ1) is 11.0. The van der Waals surface area contributed by atoms with Gasteiger partial charge in [0.15, 0.2) is 5.78 Å². The molecule has 2 atom stereocenters. The van der Waals surface area contributed by atoms with Crippen LogP contribution < -0.4 is 0 Å². The number of Topliss-reactive ketones (excluding diaryl/α,β-unsaturated/α-hetero) is 1. The van der Waals surface area contributed by atoms with Crippen molar-refractivity contribution in [3.05, 3.63) is 11.3 Å². The average Bonchev–Trinajstić information content (AvgIpc) is 2.72. The quantitative estimate of drug-likeness (QED) is 0.326. The number of hydrogen-bond donors (Lipinski definition) is 0. The summed E-state index contributed by atoms with van der Waals surface area (Å²) in [4.78, 5) is 12.5. The van der Waals surface area contributed by atoms with Crippen molar-refractivity contribution in [3.63, 3.8) is 0 Å². The lowest BCUT2D eigenvalue weighted by Gasteiger charge is -2.40. The highest BCUT2D eigenvalue weighted by Gasteiger charge is 2.60. The second-order valence-corrected chi connectivity index (χ2v) is 11.5. The molecule has 2 nitrogen and oxygen atoms in total. The molecule has 0 spiro atoms. The fourth-order valence-corrected chi connectivity index (χ4v) is 3.99. The third kappa shape index (κ3) is 3.11. The molecule has 3 heteroatoms. The minimum atomic E-state index is -2.33. The van der Waals surface area contributed by atoms with Crippen LogP contribution in [-0.4, -0.2) is 14.1 Å². The maximum atomic E-state index is 12.5. The zero-order valence-corrected chi connectivity index (χ0v) is 14.6. The molecule has 0 aromatic carbocycles. The number of carbonyl (C=O) groups excluding carboxylic acids is 1. The van der Waals surface area contributed by atoms with Crippen LogP contribution in [0, 0.1) is 23.2 Å². The lowest BCUT2D eigenvalue weighted by molar-refractivity contribution is -0.135. The predicted octanol–water partition coefficient (Wildman–Crippen LogP) is 4.67. The van der Waals surface area contributed by atoms with Crippen molar-refractivity contribution in [2.45, 2.75) is 71.9 Å². The van der Waals surface area contributed by atoms with E-state index < -0.39 is 20.6 Å². The molecule has 0 N–H and O–H groups in total. The monoisotopic (exact) mass is 307 g/mol. The summed E-state index contributed by atoms with van der Waals surface area (Å²) in [5.41, 5.74) is -0.230. The van der Waals surface area contributed by atoms with Crippen LogP contribution in [0.5, 0.6) is 0 Å². The molecule has 2 unspecified atom stereocenters. The van der Waals surface area contributed by atoms with Crippen molar-refractivity contribution in [1.82, 2.24) is 0 Å². The largest absolute Gasteiger partial charge is 0.548 e. The Bertz CT molecular complexity index is 604. The van der Waals surface area contributed by atoms with Gasteiger partial charge in [0.05, 0.1) is 5.76 Å². The van der Waals surface area contributed by atoms with E-state index in [-0.39, 0.29) is 17.5 Å². The van der Waals surface area contributed by atoms with Crippen molar-refractivity contribution < 1.29 is 13.3 Å². The Labute approximate surface area is 134 Å². The van der Waals surface area contributed by atoms with Crippen molar-refractivity contribution in [2.24, 2.45) is 11.3 Å². The molecule has 0 aliphatic heterocycles. The van der Waals surface area contributed by atoms with Gasteiger partial charge >= 0.3 is 0 Å². The summed E-state index contributed by atoms with van der Waals surface area (Å²) in [6, 6.07) is 0. The third-order valence-electron chi connectivity index (χ3n) is 4.33. The van der Waals surface area contributed by atoms with Crippen LogP contribution in [-0.2, 0) is 9.22 Å². The Balaban J connectivity index is 2.50. The summed E-state index contributed by atoms with van der Waals surface area (Å²) < 4.78 is 29.7. The summed E-state index contributed by atoms with van der Waals surface area (Å²) in [6.45, 7) is 5.67. The molecule has 21 heavy (non-hydrogen) atoms. The van der Waals surface area contributed by atoms with E-state index >= 15 is 0 Å². The molecule has 2 rings (SSSR count). The molecule has 0 radical (unpaired) electrons. The topological polar surface area (TPSA) is 26.3 Å². The standard InChI is InChI=1S/C18H28O2Si/c1-6-7-8-9-12-18-15(13-17(18)19)10-11-16(18)14(2)20-21(3,4)5/h15H,6-8,10-11,13H2,1-5H3/b16-14+/i2D3. The van der Waals surface area contributed by atoms with Gasteiger partial charge in [0.1, 0.15) is 5.41 Å². The van der Waals surface area contributed by atoms with Crippen molar-refractivity contribution >= 4 is 14.1 Å². The number of allylic oxidation sites excluding steroid dienone is 2. The second kappa shape index (κ2) is 6.00. The van der Waals surface area contributed by atoms with Crippen molar-refractivity contribution in [2.75, 3.05) is 0 Å². The highest BCUT2D eigenvalue weighted by atomic mass is 28.4. The van der Waals surface area contributed by atoms with Crippen molar-refractivity contribution in [1.29, 1.82) is 0 Å². The van der Waals surface area contributed by atoms with Gasteiger partial charge in [0, 0.05) is 17.0 Å². The van der Waals surface area contributed by atoms with Crippen LogP contribution in [0.25, 0.3) is 0 Å². The highest BCUT2D eigenvalue weighted by molar-refractivity contribution is 6.70. The van der Waals surface area contributed by atoms with E-state index in [1.807, 2.05) is 19.6 Å². The average molecular weight is 308 g/mol. The highest BCUT2D eigenvalue weighted by Crippen LogP contribution is 2.58. The normalized spacial score (nSPS) is 32.9. The molecular weight excluding hydrogens is 276 g/mol. The fraction of sp³-hybridized carbons (Fsp3) is 0.722. The van der Waals surface area contributed by atoms with Gasteiger partial charge in [-0.15, -0.1) is 5.92 Å². The molecule has 0 aromatic heterocycles. The van der Waals surface area contributed by atoms with Crippen LogP contribution in [0.1, 0.15) is 56.4 Å². The minimum Gasteiger partial charge on any atom is -0.548 e. The van der Waals surface area contributed by atoms with Gasteiger partial charge in [-0.25, -0.2) is 0 Å². The number of rotatable bonds is 4. The van der Waals surface area contributed by atoms with Gasteiger partial charge in [0.2, 0.25) is 8.32 Å². The first kappa shape index (κ1) is 12.5. The Kier molecular flexibility index (Phi) is 3.58. The number of unbranched alkanes of at least 4 members (excludes halogenated alkanes) is 2. The molecule has 0 saturated heterocycles. The molecule has 2 fully saturated rings. The molecule has 0 amide bonds. The SMILES string of the molecule is [2H]C([2H])([2H])/C(O[Si](C)(C)C)=C1/CCC2CC(=O)C12C#CCCCC. The third-order valence-corrected chi connectivity index (χ3v) is 5.14. The maximum Gasteiger partial charge on any atom is 0.241 e. The number of ketones is 1. The minimum absolute atomic E-state index is 0.0574. The summed E-state index contributed by atoms with van der Waals surface area (Å²) in [6.07, 6.45) is 4.77. The van der Waals surface area contributed by atoms with Gasteiger partial charge in [-0.3, -0.25) is 4.79 Å². The summed E-state index contributed by atoms with van der Waals surface area (Å²) in [5.74, 6) is 6.64. The lowest BCUT2D eigenvalue weighted by atomic mass is 9.59. The first-order valence-electron chi connectivity index (χ1n) is 9.49. The summed E-state index contributed by atoms with van der Waals surface area (Å²) in [7, 11) is -2.10. The maximum absolute atomic E-state index is 12.5. The smallest absolute Gasteiger partial charge is 0.241 e. The molecule has 0 bridgehead atoms. The molecule has 0 aromatic rings. The fourth-order valence-electron chi connectivity index (χ4n) is 3.26. The molecule has 0 heterocycles. The van der Waals surface area contributed by atoms with E-state index in [1.165, 1.54) is 0 Å². The summed E-state index contributed by atoms with van der Waals surface area (Å²) in [5, 5.41) is 0.